The summed E-state index contributed by atoms with van der Waals surface area (Å²) in [5.41, 5.74) is 4.43. The van der Waals surface area contributed by atoms with Crippen molar-refractivity contribution in [3.05, 3.63) is 64.1 Å². The van der Waals surface area contributed by atoms with Crippen LogP contribution in [0.4, 0.5) is 5.69 Å². The molecule has 22 heavy (non-hydrogen) atoms. The molecule has 0 radical (unpaired) electrons. The van der Waals surface area contributed by atoms with E-state index in [1.807, 2.05) is 24.3 Å². The van der Waals surface area contributed by atoms with E-state index in [2.05, 4.69) is 31.8 Å². The van der Waals surface area contributed by atoms with Crippen molar-refractivity contribution in [1.82, 2.24) is 5.43 Å². The Kier molecular flexibility index (Phi) is 5.43. The van der Waals surface area contributed by atoms with E-state index in [-0.39, 0.29) is 11.8 Å². The van der Waals surface area contributed by atoms with Crippen LogP contribution >= 0.6 is 15.9 Å². The summed E-state index contributed by atoms with van der Waals surface area (Å²) in [6.45, 7) is 1.43. The Morgan fingerprint density at radius 2 is 1.86 bits per heavy atom. The van der Waals surface area contributed by atoms with Crippen molar-refractivity contribution in [3.63, 3.8) is 0 Å². The number of hydrogen-bond acceptors (Lipinski definition) is 3. The molecule has 2 aromatic carbocycles. The number of amides is 2. The van der Waals surface area contributed by atoms with Gasteiger partial charge in [-0.3, -0.25) is 9.59 Å². The van der Waals surface area contributed by atoms with Gasteiger partial charge in [-0.1, -0.05) is 28.1 Å². The third-order valence-corrected chi connectivity index (χ3v) is 3.19. The number of benzene rings is 2. The molecule has 0 heterocycles. The zero-order valence-electron chi connectivity index (χ0n) is 11.8. The average Bonchev–Trinajstić information content (AvgIpc) is 2.47. The minimum absolute atomic E-state index is 0.157. The van der Waals surface area contributed by atoms with E-state index < -0.39 is 0 Å². The van der Waals surface area contributed by atoms with Gasteiger partial charge in [0.15, 0.2) is 0 Å². The van der Waals surface area contributed by atoms with Gasteiger partial charge in [0.05, 0.1) is 6.21 Å². The second-order valence-corrected chi connectivity index (χ2v) is 5.43. The molecule has 0 bridgehead atoms. The Bertz CT molecular complexity index is 712. The molecule has 0 saturated carbocycles. The summed E-state index contributed by atoms with van der Waals surface area (Å²) in [6.07, 6.45) is 1.56. The molecule has 0 fully saturated rings. The van der Waals surface area contributed by atoms with E-state index in [9.17, 15) is 9.59 Å². The number of rotatable bonds is 4. The van der Waals surface area contributed by atoms with Crippen LogP contribution in [0, 0.1) is 0 Å². The van der Waals surface area contributed by atoms with Gasteiger partial charge in [-0.05, 0) is 42.0 Å². The number of hydrazone groups is 1. The minimum Gasteiger partial charge on any atom is -0.326 e. The standard InChI is InChI=1S/C16H14BrN3O2/c1-11(21)19-15-7-5-13(6-8-15)16(22)20-18-10-12-3-2-4-14(17)9-12/h2-10H,1H3,(H,19,21)(H,20,22)/b18-10-. The van der Waals surface area contributed by atoms with Crippen molar-refractivity contribution in [2.75, 3.05) is 5.32 Å². The van der Waals surface area contributed by atoms with Crippen LogP contribution in [-0.2, 0) is 4.79 Å². The first-order valence-electron chi connectivity index (χ1n) is 6.51. The topological polar surface area (TPSA) is 70.6 Å². The summed E-state index contributed by atoms with van der Waals surface area (Å²) in [5.74, 6) is -0.476. The highest BCUT2D eigenvalue weighted by Gasteiger charge is 2.04. The number of carbonyl (C=O) groups excluding carboxylic acids is 2. The van der Waals surface area contributed by atoms with E-state index in [0.717, 1.165) is 10.0 Å². The number of anilines is 1. The Balaban J connectivity index is 1.96. The molecule has 0 aromatic heterocycles. The molecule has 2 aromatic rings. The summed E-state index contributed by atoms with van der Waals surface area (Å²) < 4.78 is 0.941. The zero-order chi connectivity index (χ0) is 15.9. The molecule has 0 spiro atoms. The SMILES string of the molecule is CC(=O)Nc1ccc(C(=O)N/N=C\c2cccc(Br)c2)cc1. The lowest BCUT2D eigenvalue weighted by atomic mass is 10.2. The quantitative estimate of drug-likeness (QED) is 0.650. The third kappa shape index (κ3) is 4.82. The monoisotopic (exact) mass is 359 g/mol. The average molecular weight is 360 g/mol. The lowest BCUT2D eigenvalue weighted by molar-refractivity contribution is -0.114. The van der Waals surface area contributed by atoms with Crippen LogP contribution in [0.15, 0.2) is 58.1 Å². The van der Waals surface area contributed by atoms with Crippen LogP contribution < -0.4 is 10.7 Å². The van der Waals surface area contributed by atoms with E-state index >= 15 is 0 Å². The molecule has 2 amide bonds. The van der Waals surface area contributed by atoms with Crippen LogP contribution in [0.5, 0.6) is 0 Å². The highest BCUT2D eigenvalue weighted by atomic mass is 79.9. The van der Waals surface area contributed by atoms with Crippen molar-refractivity contribution < 1.29 is 9.59 Å². The molecule has 0 atom stereocenters. The maximum absolute atomic E-state index is 11.9. The van der Waals surface area contributed by atoms with Gasteiger partial charge >= 0.3 is 0 Å². The van der Waals surface area contributed by atoms with Crippen molar-refractivity contribution in [1.29, 1.82) is 0 Å². The number of carbonyl (C=O) groups is 2. The molecular formula is C16H14BrN3O2. The van der Waals surface area contributed by atoms with Crippen LogP contribution in [0.3, 0.4) is 0 Å². The van der Waals surface area contributed by atoms with Gasteiger partial charge in [0, 0.05) is 22.6 Å². The molecule has 2 N–H and O–H groups in total. The molecule has 6 heteroatoms. The van der Waals surface area contributed by atoms with Crippen LogP contribution in [-0.4, -0.2) is 18.0 Å². The zero-order valence-corrected chi connectivity index (χ0v) is 13.4. The first kappa shape index (κ1) is 15.9. The maximum Gasteiger partial charge on any atom is 0.271 e. The smallest absolute Gasteiger partial charge is 0.271 e. The summed E-state index contributed by atoms with van der Waals surface area (Å²) in [4.78, 5) is 22.8. The molecule has 5 nitrogen and oxygen atoms in total. The van der Waals surface area contributed by atoms with Gasteiger partial charge in [0.25, 0.3) is 5.91 Å². The maximum atomic E-state index is 11.9. The Morgan fingerprint density at radius 1 is 1.14 bits per heavy atom. The summed E-state index contributed by atoms with van der Waals surface area (Å²) in [5, 5.41) is 6.55. The van der Waals surface area contributed by atoms with Gasteiger partial charge < -0.3 is 5.32 Å². The Hall–Kier alpha value is -2.47. The number of nitrogens with zero attached hydrogens (tertiary/aromatic N) is 1. The summed E-state index contributed by atoms with van der Waals surface area (Å²) >= 11 is 3.36. The second kappa shape index (κ2) is 7.51. The Morgan fingerprint density at radius 3 is 2.50 bits per heavy atom. The largest absolute Gasteiger partial charge is 0.326 e. The van der Waals surface area contributed by atoms with Gasteiger partial charge in [0.2, 0.25) is 5.91 Å². The fourth-order valence-corrected chi connectivity index (χ4v) is 2.14. The van der Waals surface area contributed by atoms with Crippen molar-refractivity contribution >= 4 is 39.6 Å². The Labute approximate surface area is 136 Å². The van der Waals surface area contributed by atoms with Crippen LogP contribution in [0.1, 0.15) is 22.8 Å². The van der Waals surface area contributed by atoms with Crippen molar-refractivity contribution in [2.45, 2.75) is 6.92 Å². The van der Waals surface area contributed by atoms with Crippen LogP contribution in [0.2, 0.25) is 0 Å². The van der Waals surface area contributed by atoms with Gasteiger partial charge in [-0.15, -0.1) is 0 Å². The molecule has 112 valence electrons. The van der Waals surface area contributed by atoms with E-state index in [4.69, 9.17) is 0 Å². The fraction of sp³-hybridized carbons (Fsp3) is 0.0625. The highest BCUT2D eigenvalue weighted by Crippen LogP contribution is 2.10. The predicted molar refractivity (Wildman–Crippen MR) is 89.9 cm³/mol. The van der Waals surface area contributed by atoms with Gasteiger partial charge in [-0.25, -0.2) is 5.43 Å². The highest BCUT2D eigenvalue weighted by molar-refractivity contribution is 9.10. The molecular weight excluding hydrogens is 346 g/mol. The lowest BCUT2D eigenvalue weighted by Gasteiger charge is -2.03. The summed E-state index contributed by atoms with van der Waals surface area (Å²) in [7, 11) is 0. The normalized spacial score (nSPS) is 10.5. The number of halogens is 1. The van der Waals surface area contributed by atoms with Gasteiger partial charge in [0.1, 0.15) is 0 Å². The van der Waals surface area contributed by atoms with Crippen LogP contribution in [0.25, 0.3) is 0 Å². The minimum atomic E-state index is -0.319. The molecule has 0 aliphatic heterocycles. The molecule has 0 aliphatic rings. The lowest BCUT2D eigenvalue weighted by Crippen LogP contribution is -2.17. The van der Waals surface area contributed by atoms with Gasteiger partial charge in [-0.2, -0.15) is 5.10 Å². The van der Waals surface area contributed by atoms with Crippen molar-refractivity contribution in [2.24, 2.45) is 5.10 Å². The molecule has 0 saturated heterocycles. The fourth-order valence-electron chi connectivity index (χ4n) is 1.73. The predicted octanol–water partition coefficient (Wildman–Crippen LogP) is 3.17. The number of nitrogens with one attached hydrogen (secondary N) is 2. The number of hydrogen-bond donors (Lipinski definition) is 2. The van der Waals surface area contributed by atoms with E-state index in [1.165, 1.54) is 6.92 Å². The second-order valence-electron chi connectivity index (χ2n) is 4.51. The van der Waals surface area contributed by atoms with E-state index in [0.29, 0.717) is 11.3 Å². The first-order valence-corrected chi connectivity index (χ1v) is 7.30. The first-order chi connectivity index (χ1) is 10.5. The molecule has 0 aliphatic carbocycles. The molecule has 0 unspecified atom stereocenters. The third-order valence-electron chi connectivity index (χ3n) is 2.70. The van der Waals surface area contributed by atoms with Crippen molar-refractivity contribution in [3.8, 4) is 0 Å². The van der Waals surface area contributed by atoms with E-state index in [1.54, 1.807) is 30.5 Å². The molecule has 2 rings (SSSR count). The summed E-state index contributed by atoms with van der Waals surface area (Å²) in [6, 6.07) is 14.1.